The predicted octanol–water partition coefficient (Wildman–Crippen LogP) is 3.48. The van der Waals surface area contributed by atoms with E-state index in [2.05, 4.69) is 24.5 Å². The van der Waals surface area contributed by atoms with Crippen LogP contribution in [-0.2, 0) is 0 Å². The van der Waals surface area contributed by atoms with Crippen molar-refractivity contribution in [2.24, 2.45) is 5.92 Å². The predicted molar refractivity (Wildman–Crippen MR) is 87.6 cm³/mol. The zero-order valence-corrected chi connectivity index (χ0v) is 13.3. The molecule has 1 amide bonds. The van der Waals surface area contributed by atoms with Crippen molar-refractivity contribution in [3.8, 4) is 5.75 Å². The monoisotopic (exact) mass is 304 g/mol. The van der Waals surface area contributed by atoms with Crippen LogP contribution < -0.4 is 15.4 Å². The number of fused-ring (bicyclic) bond motifs is 3. The smallest absolute Gasteiger partial charge is 0.263 e. The molecule has 4 nitrogen and oxygen atoms in total. The van der Waals surface area contributed by atoms with Gasteiger partial charge in [0.1, 0.15) is 10.6 Å². The SMILES string of the molecule is CCC(C)[C@H]1CNc2c(sc3ccc(OC)cc23)C(=O)N1. The van der Waals surface area contributed by atoms with Crippen LogP contribution in [0, 0.1) is 5.92 Å². The van der Waals surface area contributed by atoms with Gasteiger partial charge in [-0.25, -0.2) is 0 Å². The molecule has 1 aliphatic rings. The zero-order valence-electron chi connectivity index (χ0n) is 12.5. The molecule has 0 saturated carbocycles. The number of rotatable bonds is 3. The summed E-state index contributed by atoms with van der Waals surface area (Å²) in [7, 11) is 1.66. The van der Waals surface area contributed by atoms with E-state index in [4.69, 9.17) is 4.74 Å². The van der Waals surface area contributed by atoms with Crippen LogP contribution in [0.4, 0.5) is 5.69 Å². The summed E-state index contributed by atoms with van der Waals surface area (Å²) >= 11 is 1.53. The fourth-order valence-corrected chi connectivity index (χ4v) is 3.73. The van der Waals surface area contributed by atoms with Crippen LogP contribution in [0.2, 0.25) is 0 Å². The molecule has 2 N–H and O–H groups in total. The Labute approximate surface area is 128 Å². The summed E-state index contributed by atoms with van der Waals surface area (Å²) in [5.74, 6) is 1.30. The number of hydrogen-bond acceptors (Lipinski definition) is 4. The van der Waals surface area contributed by atoms with Crippen molar-refractivity contribution in [1.29, 1.82) is 0 Å². The van der Waals surface area contributed by atoms with Crippen LogP contribution >= 0.6 is 11.3 Å². The maximum atomic E-state index is 12.5. The van der Waals surface area contributed by atoms with Crippen LogP contribution in [0.1, 0.15) is 29.9 Å². The molecule has 2 aromatic rings. The molecule has 0 radical (unpaired) electrons. The Morgan fingerprint density at radius 3 is 3.00 bits per heavy atom. The first-order valence-electron chi connectivity index (χ1n) is 7.29. The van der Waals surface area contributed by atoms with Crippen molar-refractivity contribution in [2.75, 3.05) is 19.0 Å². The van der Waals surface area contributed by atoms with Gasteiger partial charge in [-0.1, -0.05) is 20.3 Å². The van der Waals surface area contributed by atoms with Gasteiger partial charge in [-0.15, -0.1) is 11.3 Å². The maximum Gasteiger partial charge on any atom is 0.263 e. The third-order valence-corrected chi connectivity index (χ3v) is 5.42. The van der Waals surface area contributed by atoms with E-state index in [-0.39, 0.29) is 11.9 Å². The number of nitrogens with one attached hydrogen (secondary N) is 2. The van der Waals surface area contributed by atoms with Gasteiger partial charge in [-0.05, 0) is 24.1 Å². The van der Waals surface area contributed by atoms with Crippen LogP contribution in [0.25, 0.3) is 10.1 Å². The number of thiophene rings is 1. The van der Waals surface area contributed by atoms with Crippen molar-refractivity contribution in [3.63, 3.8) is 0 Å². The van der Waals surface area contributed by atoms with E-state index in [1.54, 1.807) is 7.11 Å². The highest BCUT2D eigenvalue weighted by molar-refractivity contribution is 7.21. The number of anilines is 1. The van der Waals surface area contributed by atoms with Gasteiger partial charge in [0.2, 0.25) is 0 Å². The number of benzene rings is 1. The molecule has 0 saturated heterocycles. The van der Waals surface area contributed by atoms with Crippen LogP contribution in [0.15, 0.2) is 18.2 Å². The molecule has 0 spiro atoms. The molecular formula is C16H20N2O2S. The fraction of sp³-hybridized carbons (Fsp3) is 0.438. The number of hydrogen-bond donors (Lipinski definition) is 2. The normalized spacial score (nSPS) is 19.4. The lowest BCUT2D eigenvalue weighted by Gasteiger charge is -2.22. The average Bonchev–Trinajstić information content (AvgIpc) is 2.79. The van der Waals surface area contributed by atoms with Crippen molar-refractivity contribution >= 4 is 33.0 Å². The van der Waals surface area contributed by atoms with Crippen LogP contribution in [0.3, 0.4) is 0 Å². The molecule has 112 valence electrons. The Morgan fingerprint density at radius 1 is 1.48 bits per heavy atom. The fourth-order valence-electron chi connectivity index (χ4n) is 2.66. The highest BCUT2D eigenvalue weighted by atomic mass is 32.1. The second-order valence-corrected chi connectivity index (χ2v) is 6.57. The molecule has 0 bridgehead atoms. The minimum atomic E-state index is 0.0282. The average molecular weight is 304 g/mol. The first-order valence-corrected chi connectivity index (χ1v) is 8.11. The van der Waals surface area contributed by atoms with Crippen molar-refractivity contribution < 1.29 is 9.53 Å². The van der Waals surface area contributed by atoms with Gasteiger partial charge < -0.3 is 15.4 Å². The van der Waals surface area contributed by atoms with Gasteiger partial charge in [0, 0.05) is 22.7 Å². The third-order valence-electron chi connectivity index (χ3n) is 4.25. The molecular weight excluding hydrogens is 284 g/mol. The number of amides is 1. The summed E-state index contributed by atoms with van der Waals surface area (Å²) in [5, 5.41) is 7.68. The zero-order chi connectivity index (χ0) is 15.0. The first kappa shape index (κ1) is 14.2. The molecule has 3 rings (SSSR count). The Balaban J connectivity index is 2.02. The molecule has 0 fully saturated rings. The minimum absolute atomic E-state index is 0.0282. The van der Waals surface area contributed by atoms with Crippen molar-refractivity contribution in [2.45, 2.75) is 26.3 Å². The van der Waals surface area contributed by atoms with Crippen molar-refractivity contribution in [3.05, 3.63) is 23.1 Å². The Bertz CT molecular complexity index is 680. The van der Waals surface area contributed by atoms with E-state index < -0.39 is 0 Å². The largest absolute Gasteiger partial charge is 0.497 e. The number of ether oxygens (including phenoxy) is 1. The van der Waals surface area contributed by atoms with Crippen LogP contribution in [-0.4, -0.2) is 25.6 Å². The Kier molecular flexibility index (Phi) is 3.76. The molecule has 1 unspecified atom stereocenters. The number of carbonyl (C=O) groups excluding carboxylic acids is 1. The summed E-state index contributed by atoms with van der Waals surface area (Å²) < 4.78 is 6.40. The Hall–Kier alpha value is -1.75. The molecule has 5 heteroatoms. The van der Waals surface area contributed by atoms with Gasteiger partial charge in [-0.2, -0.15) is 0 Å². The van der Waals surface area contributed by atoms with Gasteiger partial charge in [0.05, 0.1) is 12.8 Å². The molecule has 1 aliphatic heterocycles. The quantitative estimate of drug-likeness (QED) is 0.913. The summed E-state index contributed by atoms with van der Waals surface area (Å²) in [4.78, 5) is 13.3. The molecule has 0 aliphatic carbocycles. The highest BCUT2D eigenvalue weighted by Gasteiger charge is 2.27. The minimum Gasteiger partial charge on any atom is -0.497 e. The summed E-state index contributed by atoms with van der Waals surface area (Å²) in [6.45, 7) is 5.09. The van der Waals surface area contributed by atoms with Gasteiger partial charge in [0.15, 0.2) is 0 Å². The van der Waals surface area contributed by atoms with E-state index in [9.17, 15) is 4.79 Å². The van der Waals surface area contributed by atoms with E-state index >= 15 is 0 Å². The van der Waals surface area contributed by atoms with Crippen molar-refractivity contribution in [1.82, 2.24) is 5.32 Å². The summed E-state index contributed by atoms with van der Waals surface area (Å²) in [6, 6.07) is 6.10. The molecule has 2 atom stereocenters. The maximum absolute atomic E-state index is 12.5. The Morgan fingerprint density at radius 2 is 2.29 bits per heavy atom. The second-order valence-electron chi connectivity index (χ2n) is 5.51. The molecule has 1 aromatic heterocycles. The topological polar surface area (TPSA) is 50.4 Å². The highest BCUT2D eigenvalue weighted by Crippen LogP contribution is 2.38. The molecule has 21 heavy (non-hydrogen) atoms. The summed E-state index contributed by atoms with van der Waals surface area (Å²) in [6.07, 6.45) is 1.05. The van der Waals surface area contributed by atoms with Gasteiger partial charge in [-0.3, -0.25) is 4.79 Å². The van der Waals surface area contributed by atoms with Gasteiger partial charge >= 0.3 is 0 Å². The lowest BCUT2D eigenvalue weighted by Crippen LogP contribution is -2.41. The first-order chi connectivity index (χ1) is 10.1. The van der Waals surface area contributed by atoms with Crippen LogP contribution in [0.5, 0.6) is 5.75 Å². The lowest BCUT2D eigenvalue weighted by molar-refractivity contribution is 0.0934. The van der Waals surface area contributed by atoms with E-state index in [0.717, 1.165) is 39.4 Å². The number of methoxy groups -OCH3 is 1. The second kappa shape index (κ2) is 5.56. The van der Waals surface area contributed by atoms with E-state index in [1.807, 2.05) is 18.2 Å². The number of carbonyl (C=O) groups is 1. The van der Waals surface area contributed by atoms with Gasteiger partial charge in [0.25, 0.3) is 5.91 Å². The molecule has 1 aromatic carbocycles. The lowest BCUT2D eigenvalue weighted by atomic mass is 9.99. The third kappa shape index (κ3) is 2.46. The summed E-state index contributed by atoms with van der Waals surface area (Å²) in [5.41, 5.74) is 0.942. The standard InChI is InChI=1S/C16H20N2O2S/c1-4-9(2)12-8-17-14-11-7-10(20-3)5-6-13(11)21-15(14)16(19)18-12/h5-7,9,12,17H,4,8H2,1-3H3,(H,18,19)/t9?,12-/m1/s1. The van der Waals surface area contributed by atoms with E-state index in [1.165, 1.54) is 11.3 Å². The van der Waals surface area contributed by atoms with E-state index in [0.29, 0.717) is 5.92 Å². The molecule has 2 heterocycles.